The van der Waals surface area contributed by atoms with E-state index >= 15 is 0 Å². The predicted molar refractivity (Wildman–Crippen MR) is 137 cm³/mol. The third-order valence-electron chi connectivity index (χ3n) is 7.56. The zero-order chi connectivity index (χ0) is 25.9. The van der Waals surface area contributed by atoms with Crippen LogP contribution < -0.4 is 15.6 Å². The highest BCUT2D eigenvalue weighted by molar-refractivity contribution is 6.63. The third kappa shape index (κ3) is 4.31. The minimum Gasteiger partial charge on any atom is -0.497 e. The molecule has 3 heterocycles. The number of benzene rings is 1. The number of nitrogens with zero attached hydrogens (tertiary/aromatic N) is 1. The second kappa shape index (κ2) is 8.52. The molecule has 188 valence electrons. The molecule has 1 aromatic carbocycles. The minimum absolute atomic E-state index is 0.0123. The summed E-state index contributed by atoms with van der Waals surface area (Å²) < 4.78 is 25.6. The molecule has 2 aliphatic rings. The first kappa shape index (κ1) is 25.5. The van der Waals surface area contributed by atoms with Crippen molar-refractivity contribution in [2.45, 2.75) is 79.1 Å². The Bertz CT molecular complexity index is 1210. The highest BCUT2D eigenvalue weighted by atomic mass is 16.7. The standard InChI is InChI=1S/C27H36BNO6/c1-10-33-24(31)18-15-29-20(14-21(18)30)17-13-22(32-9)19(11-16(17)12-23(29)25(2,3)4)28-34-26(5,6)27(7,8)35-28/h11,13-15,23H,10,12H2,1-9H3. The Labute approximate surface area is 207 Å². The van der Waals surface area contributed by atoms with E-state index in [9.17, 15) is 9.59 Å². The molecule has 4 rings (SSSR count). The van der Waals surface area contributed by atoms with E-state index in [4.69, 9.17) is 18.8 Å². The van der Waals surface area contributed by atoms with Crippen LogP contribution in [-0.4, -0.2) is 42.6 Å². The van der Waals surface area contributed by atoms with Crippen molar-refractivity contribution in [2.75, 3.05) is 13.7 Å². The number of methoxy groups -OCH3 is 1. The molecule has 0 bridgehead atoms. The van der Waals surface area contributed by atoms with Crippen LogP contribution in [0.5, 0.6) is 5.75 Å². The maximum atomic E-state index is 13.0. The van der Waals surface area contributed by atoms with Crippen molar-refractivity contribution in [3.8, 4) is 17.0 Å². The molecule has 1 saturated heterocycles. The summed E-state index contributed by atoms with van der Waals surface area (Å²) in [6.45, 7) is 16.5. The second-order valence-corrected chi connectivity index (χ2v) is 11.5. The Morgan fingerprint density at radius 3 is 2.31 bits per heavy atom. The van der Waals surface area contributed by atoms with E-state index in [1.165, 1.54) is 6.07 Å². The summed E-state index contributed by atoms with van der Waals surface area (Å²) in [5, 5.41) is 0. The van der Waals surface area contributed by atoms with Gasteiger partial charge in [-0.3, -0.25) is 4.79 Å². The highest BCUT2D eigenvalue weighted by Crippen LogP contribution is 2.44. The van der Waals surface area contributed by atoms with Crippen molar-refractivity contribution in [3.63, 3.8) is 0 Å². The average molecular weight is 481 g/mol. The van der Waals surface area contributed by atoms with Crippen LogP contribution in [0.4, 0.5) is 0 Å². The van der Waals surface area contributed by atoms with Gasteiger partial charge in [0, 0.05) is 29.3 Å². The Morgan fingerprint density at radius 1 is 1.14 bits per heavy atom. The van der Waals surface area contributed by atoms with E-state index in [0.717, 1.165) is 22.3 Å². The van der Waals surface area contributed by atoms with Gasteiger partial charge in [-0.25, -0.2) is 4.79 Å². The molecular formula is C27H36BNO6. The summed E-state index contributed by atoms with van der Waals surface area (Å²) >= 11 is 0. The van der Waals surface area contributed by atoms with Crippen molar-refractivity contribution < 1.29 is 23.6 Å². The quantitative estimate of drug-likeness (QED) is 0.483. The molecule has 2 aromatic rings. The first-order valence-electron chi connectivity index (χ1n) is 12.2. The average Bonchev–Trinajstić information content (AvgIpc) is 2.98. The summed E-state index contributed by atoms with van der Waals surface area (Å²) in [5.41, 5.74) is 2.16. The zero-order valence-corrected chi connectivity index (χ0v) is 22.3. The van der Waals surface area contributed by atoms with E-state index in [2.05, 4.69) is 26.8 Å². The van der Waals surface area contributed by atoms with Crippen molar-refractivity contribution >= 4 is 18.6 Å². The Hall–Kier alpha value is -2.58. The summed E-state index contributed by atoms with van der Waals surface area (Å²) in [4.78, 5) is 25.4. The summed E-state index contributed by atoms with van der Waals surface area (Å²) in [5.74, 6) is 0.0323. The molecule has 2 aliphatic heterocycles. The van der Waals surface area contributed by atoms with Gasteiger partial charge in [0.2, 0.25) is 0 Å². The van der Waals surface area contributed by atoms with Crippen molar-refractivity contribution in [3.05, 3.63) is 45.7 Å². The van der Waals surface area contributed by atoms with Gasteiger partial charge < -0.3 is 23.3 Å². The van der Waals surface area contributed by atoms with E-state index < -0.39 is 24.3 Å². The lowest BCUT2D eigenvalue weighted by Gasteiger charge is -2.39. The van der Waals surface area contributed by atoms with E-state index in [-0.39, 0.29) is 29.1 Å². The molecule has 0 saturated carbocycles. The molecule has 0 aliphatic carbocycles. The molecular weight excluding hydrogens is 445 g/mol. The minimum atomic E-state index is -0.597. The van der Waals surface area contributed by atoms with Crippen LogP contribution in [0.15, 0.2) is 29.2 Å². The number of fused-ring (bicyclic) bond motifs is 3. The maximum Gasteiger partial charge on any atom is 0.498 e. The Kier molecular flexibility index (Phi) is 6.21. The number of hydrogen-bond acceptors (Lipinski definition) is 6. The van der Waals surface area contributed by atoms with Gasteiger partial charge in [-0.05, 0) is 58.1 Å². The molecule has 1 aromatic heterocycles. The summed E-state index contributed by atoms with van der Waals surface area (Å²) in [6.07, 6.45) is 2.37. The molecule has 8 heteroatoms. The van der Waals surface area contributed by atoms with Gasteiger partial charge in [0.05, 0.1) is 30.6 Å². The van der Waals surface area contributed by atoms with Gasteiger partial charge in [-0.1, -0.05) is 26.8 Å². The van der Waals surface area contributed by atoms with Crippen LogP contribution in [0.1, 0.15) is 77.4 Å². The summed E-state index contributed by atoms with van der Waals surface area (Å²) in [7, 11) is 1.05. The van der Waals surface area contributed by atoms with Gasteiger partial charge in [0.25, 0.3) is 0 Å². The van der Waals surface area contributed by atoms with Crippen molar-refractivity contribution in [1.29, 1.82) is 0 Å². The molecule has 0 spiro atoms. The third-order valence-corrected chi connectivity index (χ3v) is 7.56. The van der Waals surface area contributed by atoms with E-state index in [0.29, 0.717) is 12.2 Å². The smallest absolute Gasteiger partial charge is 0.497 e. The normalized spacial score (nSPS) is 20.3. The molecule has 1 atom stereocenters. The Morgan fingerprint density at radius 2 is 1.77 bits per heavy atom. The van der Waals surface area contributed by atoms with Gasteiger partial charge in [0.15, 0.2) is 5.43 Å². The van der Waals surface area contributed by atoms with Gasteiger partial charge >= 0.3 is 13.1 Å². The fourth-order valence-electron chi connectivity index (χ4n) is 4.80. The van der Waals surface area contributed by atoms with Crippen LogP contribution in [0.2, 0.25) is 0 Å². The van der Waals surface area contributed by atoms with Gasteiger partial charge in [0.1, 0.15) is 11.3 Å². The topological polar surface area (TPSA) is 76.0 Å². The molecule has 0 radical (unpaired) electrons. The van der Waals surface area contributed by atoms with E-state index in [1.807, 2.05) is 38.3 Å². The molecule has 35 heavy (non-hydrogen) atoms. The molecule has 0 amide bonds. The van der Waals surface area contributed by atoms with Crippen molar-refractivity contribution in [2.24, 2.45) is 5.41 Å². The number of pyridine rings is 1. The summed E-state index contributed by atoms with van der Waals surface area (Å²) in [6, 6.07) is 5.58. The van der Waals surface area contributed by atoms with Crippen LogP contribution in [0.3, 0.4) is 0 Å². The lowest BCUT2D eigenvalue weighted by atomic mass is 9.73. The van der Waals surface area contributed by atoms with Crippen molar-refractivity contribution in [1.82, 2.24) is 4.57 Å². The number of ether oxygens (including phenoxy) is 2. The Balaban J connectivity index is 1.89. The van der Waals surface area contributed by atoms with Gasteiger partial charge in [-0.15, -0.1) is 0 Å². The number of esters is 1. The number of hydrogen-bond donors (Lipinski definition) is 0. The molecule has 1 unspecified atom stereocenters. The van der Waals surface area contributed by atoms with Crippen LogP contribution >= 0.6 is 0 Å². The maximum absolute atomic E-state index is 13.0. The fourth-order valence-corrected chi connectivity index (χ4v) is 4.80. The van der Waals surface area contributed by atoms with Gasteiger partial charge in [-0.2, -0.15) is 0 Å². The predicted octanol–water partition coefficient (Wildman–Crippen LogP) is 4.14. The lowest BCUT2D eigenvalue weighted by Crippen LogP contribution is -2.41. The largest absolute Gasteiger partial charge is 0.498 e. The monoisotopic (exact) mass is 481 g/mol. The SMILES string of the molecule is CCOC(=O)c1cn2c(cc1=O)-c1cc(OC)c(B3OC(C)(C)C(C)(C)O3)cc1CC2C(C)(C)C. The number of carbonyl (C=O) groups excluding carboxylic acids is 1. The second-order valence-electron chi connectivity index (χ2n) is 11.5. The first-order valence-corrected chi connectivity index (χ1v) is 12.2. The van der Waals surface area contributed by atoms with Crippen LogP contribution in [0.25, 0.3) is 11.3 Å². The van der Waals surface area contributed by atoms with Crippen LogP contribution in [-0.2, 0) is 20.5 Å². The zero-order valence-electron chi connectivity index (χ0n) is 22.3. The van der Waals surface area contributed by atoms with E-state index in [1.54, 1.807) is 20.2 Å². The molecule has 7 nitrogen and oxygen atoms in total. The highest BCUT2D eigenvalue weighted by Gasteiger charge is 2.52. The van der Waals surface area contributed by atoms with Crippen LogP contribution in [0, 0.1) is 5.41 Å². The number of rotatable bonds is 4. The molecule has 1 fully saturated rings. The first-order chi connectivity index (χ1) is 16.2. The lowest BCUT2D eigenvalue weighted by molar-refractivity contribution is 0.00578. The number of carbonyl (C=O) groups is 1. The number of aromatic nitrogens is 1. The fraction of sp³-hybridized carbons (Fsp3) is 0.556. The molecule has 0 N–H and O–H groups in total.